The topological polar surface area (TPSA) is 15.6 Å². The van der Waals surface area contributed by atoms with Crippen molar-refractivity contribution in [3.63, 3.8) is 0 Å². The molecule has 4 heteroatoms. The zero-order valence-corrected chi connectivity index (χ0v) is 14.1. The Balaban J connectivity index is 2.62. The van der Waals surface area contributed by atoms with Crippen LogP contribution in [0.4, 0.5) is 0 Å². The molecule has 0 aliphatic carbocycles. The van der Waals surface area contributed by atoms with E-state index in [1.165, 1.54) is 5.57 Å². The lowest BCUT2D eigenvalue weighted by Crippen LogP contribution is -2.22. The number of halogens is 2. The number of allylic oxidation sites excluding steroid dienone is 3. The fraction of sp³-hybridized carbons (Fsp3) is 0.235. The molecule has 0 bridgehead atoms. The van der Waals surface area contributed by atoms with E-state index in [-0.39, 0.29) is 0 Å². The lowest BCUT2D eigenvalue weighted by molar-refractivity contribution is 0.676. The summed E-state index contributed by atoms with van der Waals surface area (Å²) in [5.41, 5.74) is 5.27. The summed E-state index contributed by atoms with van der Waals surface area (Å²) in [6.45, 7) is 8.14. The van der Waals surface area contributed by atoms with E-state index in [4.69, 9.17) is 23.2 Å². The van der Waals surface area contributed by atoms with Gasteiger partial charge in [-0.25, -0.2) is 4.99 Å². The van der Waals surface area contributed by atoms with Crippen molar-refractivity contribution in [3.8, 4) is 0 Å². The Labute approximate surface area is 136 Å². The summed E-state index contributed by atoms with van der Waals surface area (Å²) in [4.78, 5) is 6.21. The summed E-state index contributed by atoms with van der Waals surface area (Å²) in [6, 6.07) is 5.94. The zero-order valence-electron chi connectivity index (χ0n) is 12.6. The van der Waals surface area contributed by atoms with Crippen LogP contribution >= 0.6 is 23.2 Å². The maximum Gasteiger partial charge on any atom is 0.152 e. The molecule has 0 saturated heterocycles. The SMILES string of the molecule is C/C=C1/C(Cl)=NC=CN1C(=C(C)C)c1cccc(Cl)c1C. The van der Waals surface area contributed by atoms with E-state index in [1.54, 1.807) is 6.20 Å². The summed E-state index contributed by atoms with van der Waals surface area (Å²) in [5, 5.41) is 1.24. The van der Waals surface area contributed by atoms with Crippen LogP contribution in [0, 0.1) is 6.92 Å². The predicted molar refractivity (Wildman–Crippen MR) is 92.5 cm³/mol. The molecule has 0 unspecified atom stereocenters. The highest BCUT2D eigenvalue weighted by atomic mass is 35.5. The molecule has 2 rings (SSSR count). The van der Waals surface area contributed by atoms with Crippen molar-refractivity contribution in [1.82, 2.24) is 4.90 Å². The fourth-order valence-corrected chi connectivity index (χ4v) is 2.80. The van der Waals surface area contributed by atoms with Gasteiger partial charge in [0.2, 0.25) is 0 Å². The lowest BCUT2D eigenvalue weighted by atomic mass is 10.0. The molecule has 0 N–H and O–H groups in total. The Morgan fingerprint density at radius 2 is 1.95 bits per heavy atom. The minimum atomic E-state index is 0.485. The van der Waals surface area contributed by atoms with E-state index in [0.717, 1.165) is 27.5 Å². The molecule has 0 fully saturated rings. The highest BCUT2D eigenvalue weighted by Crippen LogP contribution is 2.34. The highest BCUT2D eigenvalue weighted by molar-refractivity contribution is 6.69. The van der Waals surface area contributed by atoms with Crippen LogP contribution in [0.2, 0.25) is 5.02 Å². The molecule has 0 spiro atoms. The quantitative estimate of drug-likeness (QED) is 0.679. The molecule has 1 heterocycles. The van der Waals surface area contributed by atoms with Gasteiger partial charge in [0.15, 0.2) is 5.17 Å². The van der Waals surface area contributed by atoms with Gasteiger partial charge < -0.3 is 4.90 Å². The van der Waals surface area contributed by atoms with Crippen molar-refractivity contribution in [2.45, 2.75) is 27.7 Å². The predicted octanol–water partition coefficient (Wildman–Crippen LogP) is 5.73. The van der Waals surface area contributed by atoms with Crippen LogP contribution in [-0.2, 0) is 0 Å². The van der Waals surface area contributed by atoms with Crippen molar-refractivity contribution < 1.29 is 0 Å². The van der Waals surface area contributed by atoms with Crippen molar-refractivity contribution >= 4 is 34.1 Å². The van der Waals surface area contributed by atoms with Crippen molar-refractivity contribution in [2.24, 2.45) is 4.99 Å². The van der Waals surface area contributed by atoms with Gasteiger partial charge in [0, 0.05) is 23.0 Å². The molecule has 1 aromatic rings. The van der Waals surface area contributed by atoms with Gasteiger partial charge >= 0.3 is 0 Å². The second kappa shape index (κ2) is 6.50. The summed E-state index contributed by atoms with van der Waals surface area (Å²) >= 11 is 12.5. The van der Waals surface area contributed by atoms with Crippen LogP contribution < -0.4 is 0 Å². The summed E-state index contributed by atoms with van der Waals surface area (Å²) < 4.78 is 0. The molecule has 0 aromatic heterocycles. The van der Waals surface area contributed by atoms with E-state index in [0.29, 0.717) is 5.17 Å². The maximum absolute atomic E-state index is 6.28. The van der Waals surface area contributed by atoms with Crippen LogP contribution in [0.3, 0.4) is 0 Å². The van der Waals surface area contributed by atoms with Gasteiger partial charge in [-0.1, -0.05) is 47.0 Å². The molecular formula is C17H18Cl2N2. The van der Waals surface area contributed by atoms with Gasteiger partial charge in [-0.2, -0.15) is 0 Å². The van der Waals surface area contributed by atoms with Gasteiger partial charge in [-0.15, -0.1) is 0 Å². The monoisotopic (exact) mass is 320 g/mol. The summed E-state index contributed by atoms with van der Waals surface area (Å²) in [6.07, 6.45) is 5.58. The van der Waals surface area contributed by atoms with Crippen LogP contribution in [0.1, 0.15) is 31.9 Å². The maximum atomic E-state index is 6.28. The molecule has 0 radical (unpaired) electrons. The number of hydrogen-bond donors (Lipinski definition) is 0. The molecular weight excluding hydrogens is 303 g/mol. The van der Waals surface area contributed by atoms with E-state index in [9.17, 15) is 0 Å². The van der Waals surface area contributed by atoms with Crippen LogP contribution in [-0.4, -0.2) is 10.1 Å². The Hall–Kier alpha value is -1.51. The number of nitrogens with zero attached hydrogens (tertiary/aromatic N) is 2. The van der Waals surface area contributed by atoms with Gasteiger partial charge in [0.1, 0.15) is 0 Å². The number of rotatable bonds is 2. The molecule has 0 saturated carbocycles. The van der Waals surface area contributed by atoms with Gasteiger partial charge in [0.05, 0.1) is 11.4 Å². The molecule has 2 nitrogen and oxygen atoms in total. The summed E-state index contributed by atoms with van der Waals surface area (Å²) in [5.74, 6) is 0. The molecule has 110 valence electrons. The van der Waals surface area contributed by atoms with Crippen LogP contribution in [0.5, 0.6) is 0 Å². The third-order valence-electron chi connectivity index (χ3n) is 3.39. The van der Waals surface area contributed by atoms with Gasteiger partial charge in [-0.3, -0.25) is 0 Å². The Morgan fingerprint density at radius 1 is 1.24 bits per heavy atom. The Bertz CT molecular complexity index is 678. The van der Waals surface area contributed by atoms with Gasteiger partial charge in [-0.05, 0) is 39.3 Å². The fourth-order valence-electron chi connectivity index (χ4n) is 2.37. The highest BCUT2D eigenvalue weighted by Gasteiger charge is 2.21. The molecule has 1 aliphatic heterocycles. The number of benzene rings is 1. The van der Waals surface area contributed by atoms with Crippen LogP contribution in [0.15, 0.2) is 52.9 Å². The van der Waals surface area contributed by atoms with E-state index >= 15 is 0 Å². The lowest BCUT2D eigenvalue weighted by Gasteiger charge is -2.30. The van der Waals surface area contributed by atoms with E-state index in [1.807, 2.05) is 38.3 Å². The first-order valence-electron chi connectivity index (χ1n) is 6.76. The average molecular weight is 321 g/mol. The minimum Gasteiger partial charge on any atom is -0.313 e. The molecule has 1 aliphatic rings. The minimum absolute atomic E-state index is 0.485. The Kier molecular flexibility index (Phi) is 4.92. The van der Waals surface area contributed by atoms with Crippen LogP contribution in [0.25, 0.3) is 5.70 Å². The van der Waals surface area contributed by atoms with Crippen molar-refractivity contribution in [3.05, 3.63) is 64.1 Å². The number of aliphatic imine (C=N–C) groups is 1. The largest absolute Gasteiger partial charge is 0.313 e. The molecule has 0 atom stereocenters. The smallest absolute Gasteiger partial charge is 0.152 e. The first-order valence-corrected chi connectivity index (χ1v) is 7.51. The van der Waals surface area contributed by atoms with Crippen molar-refractivity contribution in [2.75, 3.05) is 0 Å². The van der Waals surface area contributed by atoms with Crippen molar-refractivity contribution in [1.29, 1.82) is 0 Å². The first-order chi connectivity index (χ1) is 9.97. The second-order valence-corrected chi connectivity index (χ2v) is 5.79. The summed E-state index contributed by atoms with van der Waals surface area (Å²) in [7, 11) is 0. The Morgan fingerprint density at radius 3 is 2.57 bits per heavy atom. The molecule has 1 aromatic carbocycles. The van der Waals surface area contributed by atoms with Gasteiger partial charge in [0.25, 0.3) is 0 Å². The zero-order chi connectivity index (χ0) is 15.6. The first kappa shape index (κ1) is 15.9. The average Bonchev–Trinajstić information content (AvgIpc) is 2.43. The normalized spacial score (nSPS) is 16.2. The van der Waals surface area contributed by atoms with E-state index < -0.39 is 0 Å². The third-order valence-corrected chi connectivity index (χ3v) is 4.09. The van der Waals surface area contributed by atoms with E-state index in [2.05, 4.69) is 29.8 Å². The molecule has 0 amide bonds. The molecule has 21 heavy (non-hydrogen) atoms. The third kappa shape index (κ3) is 3.07. The standard InChI is InChI=1S/C17H18Cl2N2/c1-5-15-17(19)20-9-10-21(15)16(11(2)3)13-7-6-8-14(18)12(13)4/h5-10H,1-4H3/b15-5-. The second-order valence-electron chi connectivity index (χ2n) is 5.02. The number of hydrogen-bond acceptors (Lipinski definition) is 2.